The Bertz CT molecular complexity index is 859. The average Bonchev–Trinajstić information content (AvgIpc) is 2.63. The number of hydrogen-bond acceptors (Lipinski definition) is 3. The smallest absolute Gasteiger partial charge is 0.504 e. The first kappa shape index (κ1) is 18.9. The summed E-state index contributed by atoms with van der Waals surface area (Å²) < 4.78 is 15.3. The van der Waals surface area contributed by atoms with Crippen LogP contribution < -0.4 is 4.52 Å². The van der Waals surface area contributed by atoms with E-state index in [1.54, 1.807) is 6.07 Å². The Morgan fingerprint density at radius 1 is 0.880 bits per heavy atom. The van der Waals surface area contributed by atoms with Gasteiger partial charge in [-0.25, -0.2) is 4.52 Å². The maximum atomic E-state index is 10.6. The van der Waals surface area contributed by atoms with Gasteiger partial charge in [0.25, 0.3) is 0 Å². The van der Waals surface area contributed by atoms with Gasteiger partial charge in [-0.2, -0.15) is 0 Å². The number of aromatic hydroxyl groups is 1. The van der Waals surface area contributed by atoms with E-state index in [2.05, 4.69) is 18.4 Å². The van der Waals surface area contributed by atoms with Crippen molar-refractivity contribution in [1.29, 1.82) is 0 Å². The third-order valence-electron chi connectivity index (χ3n) is 3.72. The summed E-state index contributed by atoms with van der Waals surface area (Å²) in [5.41, 5.74) is 1.75. The summed E-state index contributed by atoms with van der Waals surface area (Å²) in [6.07, 6.45) is 2.64. The van der Waals surface area contributed by atoms with Gasteiger partial charge >= 0.3 is 8.25 Å². The highest BCUT2D eigenvalue weighted by Crippen LogP contribution is 2.36. The van der Waals surface area contributed by atoms with E-state index in [0.29, 0.717) is 0 Å². The second-order valence-electron chi connectivity index (χ2n) is 5.57. The summed E-state index contributed by atoms with van der Waals surface area (Å²) >= 11 is 0. The molecule has 0 saturated heterocycles. The normalized spacial score (nSPS) is 10.8. The van der Waals surface area contributed by atoms with Gasteiger partial charge in [-0.1, -0.05) is 69.2 Å². The molecule has 0 aromatic heterocycles. The summed E-state index contributed by atoms with van der Waals surface area (Å²) in [6, 6.07) is 18.7. The summed E-state index contributed by atoms with van der Waals surface area (Å²) in [5, 5.41) is 12.1. The molecule has 0 amide bonds. The lowest BCUT2D eigenvalue weighted by atomic mass is 10.0. The lowest BCUT2D eigenvalue weighted by Crippen LogP contribution is -1.84. The standard InChI is InChI=1S/C16H11O4P.C4H10/c17-15-10-14(7-8-16(15)20-21(18)19)13-6-5-11-3-1-2-4-12(11)9-13;1-3-4-2/h1-10H,(H-,17,18,19);3-4H2,1-2H3/p+1. The second-order valence-corrected chi connectivity index (χ2v) is 6.23. The number of benzene rings is 3. The number of rotatable bonds is 4. The third kappa shape index (κ3) is 5.28. The lowest BCUT2D eigenvalue weighted by Gasteiger charge is -2.05. The van der Waals surface area contributed by atoms with E-state index in [1.807, 2.05) is 42.5 Å². The van der Waals surface area contributed by atoms with Gasteiger partial charge in [0.05, 0.1) is 0 Å². The number of fused-ring (bicyclic) bond motifs is 1. The molecular formula is C20H22O4P+. The van der Waals surface area contributed by atoms with Crippen molar-refractivity contribution >= 4 is 19.0 Å². The maximum absolute atomic E-state index is 10.6. The minimum atomic E-state index is -2.79. The third-order valence-corrected chi connectivity index (χ3v) is 4.07. The zero-order valence-corrected chi connectivity index (χ0v) is 15.2. The van der Waals surface area contributed by atoms with Gasteiger partial charge < -0.3 is 5.11 Å². The molecule has 0 aliphatic carbocycles. The van der Waals surface area contributed by atoms with E-state index >= 15 is 0 Å². The summed E-state index contributed by atoms with van der Waals surface area (Å²) in [6.45, 7) is 4.36. The van der Waals surface area contributed by atoms with E-state index < -0.39 is 8.25 Å². The molecule has 0 saturated carbocycles. The molecule has 1 unspecified atom stereocenters. The van der Waals surface area contributed by atoms with E-state index in [9.17, 15) is 9.67 Å². The average molecular weight is 357 g/mol. The Balaban J connectivity index is 0.000000511. The zero-order valence-electron chi connectivity index (χ0n) is 14.3. The van der Waals surface area contributed by atoms with E-state index in [1.165, 1.54) is 25.0 Å². The van der Waals surface area contributed by atoms with Crippen LogP contribution in [0.4, 0.5) is 0 Å². The molecule has 4 nitrogen and oxygen atoms in total. The fraction of sp³-hybridized carbons (Fsp3) is 0.200. The van der Waals surface area contributed by atoms with Crippen LogP contribution in [0, 0.1) is 0 Å². The van der Waals surface area contributed by atoms with Crippen LogP contribution in [0.3, 0.4) is 0 Å². The highest BCUT2D eigenvalue weighted by molar-refractivity contribution is 7.32. The molecule has 0 fully saturated rings. The molecule has 5 heteroatoms. The van der Waals surface area contributed by atoms with Crippen molar-refractivity contribution in [1.82, 2.24) is 0 Å². The molecular weight excluding hydrogens is 335 g/mol. The number of phenolic OH excluding ortho intramolecular Hbond substituents is 1. The monoisotopic (exact) mass is 357 g/mol. The first-order chi connectivity index (χ1) is 12.0. The van der Waals surface area contributed by atoms with E-state index in [4.69, 9.17) is 4.89 Å². The van der Waals surface area contributed by atoms with Crippen LogP contribution in [0.25, 0.3) is 21.9 Å². The highest BCUT2D eigenvalue weighted by Gasteiger charge is 2.18. The van der Waals surface area contributed by atoms with Crippen LogP contribution in [0.1, 0.15) is 26.7 Å². The van der Waals surface area contributed by atoms with Gasteiger partial charge in [0, 0.05) is 4.57 Å². The minimum Gasteiger partial charge on any atom is -0.504 e. The zero-order chi connectivity index (χ0) is 18.2. The topological polar surface area (TPSA) is 66.8 Å². The van der Waals surface area contributed by atoms with Crippen LogP contribution >= 0.6 is 8.25 Å². The molecule has 3 aromatic carbocycles. The maximum Gasteiger partial charge on any atom is 0.747 e. The highest BCUT2D eigenvalue weighted by atomic mass is 31.1. The Hall–Kier alpha value is -2.42. The van der Waals surface area contributed by atoms with Gasteiger partial charge in [0.1, 0.15) is 0 Å². The van der Waals surface area contributed by atoms with Crippen LogP contribution in [0.15, 0.2) is 60.7 Å². The second kappa shape index (κ2) is 9.16. The first-order valence-corrected chi connectivity index (χ1v) is 9.34. The van der Waals surface area contributed by atoms with E-state index in [0.717, 1.165) is 21.9 Å². The lowest BCUT2D eigenvalue weighted by molar-refractivity contribution is 0.389. The Morgan fingerprint density at radius 3 is 2.08 bits per heavy atom. The van der Waals surface area contributed by atoms with Crippen LogP contribution in [0.2, 0.25) is 0 Å². The van der Waals surface area contributed by atoms with Crippen molar-refractivity contribution in [3.05, 3.63) is 60.7 Å². The predicted octanol–water partition coefficient (Wildman–Crippen LogP) is 6.05. The van der Waals surface area contributed by atoms with Gasteiger partial charge in [-0.3, -0.25) is 0 Å². The fourth-order valence-corrected chi connectivity index (χ4v) is 2.55. The van der Waals surface area contributed by atoms with Crippen LogP contribution in [-0.2, 0) is 4.57 Å². The van der Waals surface area contributed by atoms with Crippen molar-refractivity contribution in [2.24, 2.45) is 0 Å². The van der Waals surface area contributed by atoms with Gasteiger partial charge in [0.15, 0.2) is 5.75 Å². The SMILES string of the molecule is CCCC.O=[P+](O)Oc1ccc(-c2ccc3ccccc3c2)cc1O. The molecule has 0 aliphatic rings. The molecule has 3 rings (SSSR count). The van der Waals surface area contributed by atoms with Gasteiger partial charge in [-0.15, -0.1) is 4.89 Å². The molecule has 0 bridgehead atoms. The predicted molar refractivity (Wildman–Crippen MR) is 102 cm³/mol. The fourth-order valence-electron chi connectivity index (χ4n) is 2.23. The van der Waals surface area contributed by atoms with Crippen LogP contribution in [-0.4, -0.2) is 10.00 Å². The Kier molecular flexibility index (Phi) is 6.93. The number of phenols is 1. The van der Waals surface area contributed by atoms with Crippen molar-refractivity contribution in [3.63, 3.8) is 0 Å². The van der Waals surface area contributed by atoms with Crippen LogP contribution in [0.5, 0.6) is 11.5 Å². The number of hydrogen-bond donors (Lipinski definition) is 2. The first-order valence-electron chi connectivity index (χ1n) is 8.21. The van der Waals surface area contributed by atoms with Gasteiger partial charge in [-0.05, 0) is 40.1 Å². The molecule has 130 valence electrons. The molecule has 25 heavy (non-hydrogen) atoms. The summed E-state index contributed by atoms with van der Waals surface area (Å²) in [7, 11) is -2.79. The van der Waals surface area contributed by atoms with Gasteiger partial charge in [0.2, 0.25) is 5.75 Å². The molecule has 0 aliphatic heterocycles. The van der Waals surface area contributed by atoms with Crippen molar-refractivity contribution < 1.29 is 19.1 Å². The summed E-state index contributed by atoms with van der Waals surface area (Å²) in [5.74, 6) is -0.179. The molecule has 3 aromatic rings. The quantitative estimate of drug-likeness (QED) is 0.558. The molecule has 2 N–H and O–H groups in total. The van der Waals surface area contributed by atoms with Crippen molar-refractivity contribution in [2.45, 2.75) is 26.7 Å². The van der Waals surface area contributed by atoms with Crippen molar-refractivity contribution in [2.75, 3.05) is 0 Å². The Labute approximate surface area is 148 Å². The Morgan fingerprint density at radius 2 is 1.48 bits per heavy atom. The van der Waals surface area contributed by atoms with E-state index in [-0.39, 0.29) is 11.5 Å². The molecule has 0 radical (unpaired) electrons. The molecule has 1 atom stereocenters. The number of unbranched alkanes of at least 4 members (excludes halogenated alkanes) is 1. The largest absolute Gasteiger partial charge is 0.747 e. The summed E-state index contributed by atoms with van der Waals surface area (Å²) in [4.78, 5) is 8.71. The van der Waals surface area contributed by atoms with Crippen molar-refractivity contribution in [3.8, 4) is 22.6 Å². The molecule has 0 spiro atoms. The minimum absolute atomic E-state index is 0.0110. The molecule has 0 heterocycles.